The van der Waals surface area contributed by atoms with Gasteiger partial charge in [0.25, 0.3) is 0 Å². The fraction of sp³-hybridized carbons (Fsp3) is 0.529. The van der Waals surface area contributed by atoms with Gasteiger partial charge in [-0.3, -0.25) is 4.99 Å². The fourth-order valence-corrected chi connectivity index (χ4v) is 3.06. The zero-order chi connectivity index (χ0) is 16.8. The van der Waals surface area contributed by atoms with Crippen LogP contribution in [-0.4, -0.2) is 73.9 Å². The predicted molar refractivity (Wildman–Crippen MR) is 110 cm³/mol. The van der Waals surface area contributed by atoms with E-state index in [0.717, 1.165) is 37.7 Å². The zero-order valence-electron chi connectivity index (χ0n) is 14.7. The summed E-state index contributed by atoms with van der Waals surface area (Å²) in [4.78, 5) is 14.2. The van der Waals surface area contributed by atoms with Crippen molar-refractivity contribution in [2.75, 3.05) is 47.0 Å². The van der Waals surface area contributed by atoms with Gasteiger partial charge in [-0.2, -0.15) is 0 Å². The van der Waals surface area contributed by atoms with Gasteiger partial charge >= 0.3 is 0 Å². The molecule has 1 unspecified atom stereocenters. The van der Waals surface area contributed by atoms with Crippen LogP contribution >= 0.6 is 24.0 Å². The van der Waals surface area contributed by atoms with E-state index < -0.39 is 0 Å². The third-order valence-electron chi connectivity index (χ3n) is 4.22. The number of aromatic nitrogens is 2. The van der Waals surface area contributed by atoms with E-state index >= 15 is 0 Å². The second-order valence-electron chi connectivity index (χ2n) is 5.83. The summed E-state index contributed by atoms with van der Waals surface area (Å²) in [6.45, 7) is 3.76. The summed E-state index contributed by atoms with van der Waals surface area (Å²) in [5, 5.41) is 4.63. The number of guanidine groups is 1. The molecule has 3 heterocycles. The van der Waals surface area contributed by atoms with E-state index in [2.05, 4.69) is 31.2 Å². The molecule has 1 aliphatic heterocycles. The smallest absolute Gasteiger partial charge is 0.193 e. The van der Waals surface area contributed by atoms with Gasteiger partial charge in [0.1, 0.15) is 5.65 Å². The Morgan fingerprint density at radius 2 is 2.44 bits per heavy atom. The number of fused-ring (bicyclic) bond motifs is 1. The summed E-state index contributed by atoms with van der Waals surface area (Å²) in [5.74, 6) is 0.914. The van der Waals surface area contributed by atoms with Crippen LogP contribution in [0.15, 0.2) is 29.5 Å². The topological polar surface area (TPSA) is 74.8 Å². The lowest BCUT2D eigenvalue weighted by Gasteiger charge is -2.34. The lowest BCUT2D eigenvalue weighted by Crippen LogP contribution is -2.51. The first-order valence-corrected chi connectivity index (χ1v) is 8.29. The predicted octanol–water partition coefficient (Wildman–Crippen LogP) is 1.65. The lowest BCUT2D eigenvalue weighted by atomic mass is 10.1. The number of methoxy groups -OCH3 is 1. The van der Waals surface area contributed by atoms with E-state index in [4.69, 9.17) is 9.47 Å². The molecule has 1 aliphatic rings. The molecule has 138 valence electrons. The van der Waals surface area contributed by atoms with Gasteiger partial charge in [-0.25, -0.2) is 4.98 Å². The van der Waals surface area contributed by atoms with E-state index in [1.165, 1.54) is 10.9 Å². The summed E-state index contributed by atoms with van der Waals surface area (Å²) in [5.41, 5.74) is 2.20. The van der Waals surface area contributed by atoms with Crippen molar-refractivity contribution >= 4 is 41.0 Å². The van der Waals surface area contributed by atoms with Crippen molar-refractivity contribution in [3.8, 4) is 0 Å². The number of aliphatic imine (C=N–C) groups is 1. The maximum atomic E-state index is 5.69. The number of H-pyrrole nitrogens is 1. The zero-order valence-corrected chi connectivity index (χ0v) is 17.0. The number of morpholine rings is 1. The third kappa shape index (κ3) is 5.05. The Balaban J connectivity index is 0.00000225. The summed E-state index contributed by atoms with van der Waals surface area (Å²) < 4.78 is 10.9. The van der Waals surface area contributed by atoms with Gasteiger partial charge in [0.2, 0.25) is 0 Å². The molecule has 0 aromatic carbocycles. The summed E-state index contributed by atoms with van der Waals surface area (Å²) in [7, 11) is 3.52. The molecule has 2 N–H and O–H groups in total. The second-order valence-corrected chi connectivity index (χ2v) is 5.83. The van der Waals surface area contributed by atoms with Gasteiger partial charge in [-0.1, -0.05) is 0 Å². The van der Waals surface area contributed by atoms with Crippen LogP contribution in [0.5, 0.6) is 0 Å². The van der Waals surface area contributed by atoms with Gasteiger partial charge in [0, 0.05) is 51.6 Å². The SMILES string of the molecule is CN=C(NCCc1c[nH]c2ncccc12)N1CCOC(COC)C1.I. The molecular formula is C17H26IN5O2. The molecule has 0 amide bonds. The normalized spacial score (nSPS) is 18.2. The van der Waals surface area contributed by atoms with Crippen LogP contribution in [0.3, 0.4) is 0 Å². The van der Waals surface area contributed by atoms with Crippen molar-refractivity contribution < 1.29 is 9.47 Å². The number of hydrogen-bond acceptors (Lipinski definition) is 4. The first kappa shape index (κ1) is 19.9. The van der Waals surface area contributed by atoms with Crippen LogP contribution in [0.25, 0.3) is 11.0 Å². The molecule has 0 bridgehead atoms. The Morgan fingerprint density at radius 1 is 1.56 bits per heavy atom. The molecule has 2 aromatic heterocycles. The van der Waals surface area contributed by atoms with Gasteiger partial charge in [-0.05, 0) is 24.1 Å². The molecule has 7 nitrogen and oxygen atoms in total. The second kappa shape index (κ2) is 9.93. The Labute approximate surface area is 165 Å². The lowest BCUT2D eigenvalue weighted by molar-refractivity contribution is -0.0447. The molecule has 1 atom stereocenters. The number of ether oxygens (including phenoxy) is 2. The van der Waals surface area contributed by atoms with Crippen LogP contribution in [0.2, 0.25) is 0 Å². The van der Waals surface area contributed by atoms with Crippen molar-refractivity contribution in [3.05, 3.63) is 30.1 Å². The largest absolute Gasteiger partial charge is 0.382 e. The van der Waals surface area contributed by atoms with Crippen LogP contribution in [0, 0.1) is 0 Å². The third-order valence-corrected chi connectivity index (χ3v) is 4.22. The number of halogens is 1. The van der Waals surface area contributed by atoms with Crippen LogP contribution < -0.4 is 5.32 Å². The molecule has 8 heteroatoms. The molecule has 3 rings (SSSR count). The van der Waals surface area contributed by atoms with E-state index in [9.17, 15) is 0 Å². The highest BCUT2D eigenvalue weighted by atomic mass is 127. The number of rotatable bonds is 5. The Bertz CT molecular complexity index is 688. The Hall–Kier alpha value is -1.39. The molecule has 0 saturated carbocycles. The van der Waals surface area contributed by atoms with E-state index in [1.807, 2.05) is 19.3 Å². The summed E-state index contributed by atoms with van der Waals surface area (Å²) in [6.07, 6.45) is 4.85. The van der Waals surface area contributed by atoms with Crippen molar-refractivity contribution in [2.24, 2.45) is 4.99 Å². The van der Waals surface area contributed by atoms with Gasteiger partial charge < -0.3 is 24.7 Å². The van der Waals surface area contributed by atoms with Crippen LogP contribution in [0.4, 0.5) is 0 Å². The summed E-state index contributed by atoms with van der Waals surface area (Å²) in [6, 6.07) is 4.07. The van der Waals surface area contributed by atoms with Crippen molar-refractivity contribution in [1.29, 1.82) is 0 Å². The highest BCUT2D eigenvalue weighted by Crippen LogP contribution is 2.15. The van der Waals surface area contributed by atoms with Crippen molar-refractivity contribution in [2.45, 2.75) is 12.5 Å². The molecule has 0 aliphatic carbocycles. The average molecular weight is 459 g/mol. The number of aromatic amines is 1. The first-order valence-electron chi connectivity index (χ1n) is 8.29. The van der Waals surface area contributed by atoms with E-state index in [1.54, 1.807) is 13.3 Å². The van der Waals surface area contributed by atoms with Gasteiger partial charge in [0.15, 0.2) is 5.96 Å². The van der Waals surface area contributed by atoms with Crippen LogP contribution in [-0.2, 0) is 15.9 Å². The summed E-state index contributed by atoms with van der Waals surface area (Å²) >= 11 is 0. The standard InChI is InChI=1S/C17H25N5O2.HI/c1-18-17(22-8-9-24-14(11-22)12-23-2)20-7-5-13-10-21-16-15(13)4-3-6-19-16;/h3-4,6,10,14H,5,7-9,11-12H2,1-2H3,(H,18,20)(H,19,21);1H. The Kier molecular flexibility index (Phi) is 7.91. The average Bonchev–Trinajstić information content (AvgIpc) is 3.03. The highest BCUT2D eigenvalue weighted by molar-refractivity contribution is 14.0. The molecule has 0 spiro atoms. The maximum absolute atomic E-state index is 5.69. The van der Waals surface area contributed by atoms with Crippen molar-refractivity contribution in [1.82, 2.24) is 20.2 Å². The molecule has 1 saturated heterocycles. The minimum Gasteiger partial charge on any atom is -0.382 e. The van der Waals surface area contributed by atoms with Crippen LogP contribution in [0.1, 0.15) is 5.56 Å². The monoisotopic (exact) mass is 459 g/mol. The molecule has 1 fully saturated rings. The Morgan fingerprint density at radius 3 is 3.24 bits per heavy atom. The number of hydrogen-bond donors (Lipinski definition) is 2. The fourth-order valence-electron chi connectivity index (χ4n) is 3.06. The molecular weight excluding hydrogens is 433 g/mol. The van der Waals surface area contributed by atoms with Crippen molar-refractivity contribution in [3.63, 3.8) is 0 Å². The molecule has 0 radical (unpaired) electrons. The van der Waals surface area contributed by atoms with Gasteiger partial charge in [-0.15, -0.1) is 24.0 Å². The number of pyridine rings is 1. The minimum atomic E-state index is 0. The van der Waals surface area contributed by atoms with Gasteiger partial charge in [0.05, 0.1) is 19.3 Å². The quantitative estimate of drug-likeness (QED) is 0.404. The molecule has 25 heavy (non-hydrogen) atoms. The molecule has 2 aromatic rings. The first-order chi connectivity index (χ1) is 11.8. The maximum Gasteiger partial charge on any atom is 0.193 e. The van der Waals surface area contributed by atoms with E-state index in [-0.39, 0.29) is 30.1 Å². The number of nitrogens with zero attached hydrogens (tertiary/aromatic N) is 3. The minimum absolute atomic E-state index is 0. The van der Waals surface area contributed by atoms with E-state index in [0.29, 0.717) is 13.2 Å². The number of nitrogens with one attached hydrogen (secondary N) is 2. The highest BCUT2D eigenvalue weighted by Gasteiger charge is 2.22.